The van der Waals surface area contributed by atoms with Crippen LogP contribution < -0.4 is 10.2 Å². The third-order valence-corrected chi connectivity index (χ3v) is 2.78. The highest BCUT2D eigenvalue weighted by molar-refractivity contribution is 5.62. The molecule has 0 aliphatic carbocycles. The molecular formula is C16H16FNO3. The first-order chi connectivity index (χ1) is 10.2. The molecule has 0 spiro atoms. The van der Waals surface area contributed by atoms with E-state index in [9.17, 15) is 4.39 Å². The molecule has 0 atom stereocenters. The van der Waals surface area contributed by atoms with Crippen LogP contribution in [-0.4, -0.2) is 12.2 Å². The van der Waals surface area contributed by atoms with E-state index in [2.05, 4.69) is 5.48 Å². The quantitative estimate of drug-likeness (QED) is 0.634. The number of rotatable bonds is 6. The second kappa shape index (κ2) is 7.42. The minimum absolute atomic E-state index is 0.0681. The minimum Gasteiger partial charge on any atom is -0.460 e. The monoisotopic (exact) mass is 289 g/mol. The number of aliphatic hydroxyl groups is 1. The molecule has 0 amide bonds. The van der Waals surface area contributed by atoms with Crippen LogP contribution in [-0.2, 0) is 11.4 Å². The van der Waals surface area contributed by atoms with Gasteiger partial charge < -0.3 is 9.84 Å². The van der Waals surface area contributed by atoms with Crippen LogP contribution in [0.4, 0.5) is 4.39 Å². The third-order valence-electron chi connectivity index (χ3n) is 2.78. The van der Waals surface area contributed by atoms with E-state index in [1.165, 1.54) is 25.5 Å². The Morgan fingerprint density at radius 3 is 2.62 bits per heavy atom. The average Bonchev–Trinajstić information content (AvgIpc) is 2.53. The molecular weight excluding hydrogens is 273 g/mol. The summed E-state index contributed by atoms with van der Waals surface area (Å²) in [7, 11) is 1.48. The maximum atomic E-state index is 13.8. The summed E-state index contributed by atoms with van der Waals surface area (Å²) in [4.78, 5) is 4.89. The minimum atomic E-state index is -0.539. The van der Waals surface area contributed by atoms with Gasteiger partial charge in [-0.3, -0.25) is 10.3 Å². The smallest absolute Gasteiger partial charge is 0.166 e. The molecule has 0 heterocycles. The van der Waals surface area contributed by atoms with Crippen molar-refractivity contribution in [3.05, 3.63) is 71.7 Å². The summed E-state index contributed by atoms with van der Waals surface area (Å²) in [6, 6.07) is 13.7. The second-order valence-electron chi connectivity index (χ2n) is 4.24. The lowest BCUT2D eigenvalue weighted by atomic mass is 10.2. The number of benzene rings is 2. The highest BCUT2D eigenvalue weighted by atomic mass is 19.1. The molecule has 2 rings (SSSR count). The molecule has 2 N–H and O–H groups in total. The standard InChI is InChI=1S/C16H16FNO3/c1-20-18-15(13-5-3-2-4-6-13)11-21-16-8-7-12(10-19)9-14(16)17/h2-9,11,18-19H,10H2,1H3. The summed E-state index contributed by atoms with van der Waals surface area (Å²) in [6.45, 7) is -0.215. The van der Waals surface area contributed by atoms with Gasteiger partial charge in [0.05, 0.1) is 13.7 Å². The SMILES string of the molecule is CONC(=COc1ccc(CO)cc1F)c1ccccc1. The lowest BCUT2D eigenvalue weighted by Crippen LogP contribution is -2.11. The van der Waals surface area contributed by atoms with Crippen LogP contribution in [0.25, 0.3) is 5.70 Å². The van der Waals surface area contributed by atoms with Crippen LogP contribution in [0.5, 0.6) is 5.75 Å². The Kier molecular flexibility index (Phi) is 5.31. The molecule has 110 valence electrons. The molecule has 2 aromatic carbocycles. The van der Waals surface area contributed by atoms with Gasteiger partial charge in [-0.1, -0.05) is 36.4 Å². The number of hydrogen-bond acceptors (Lipinski definition) is 4. The molecule has 0 aromatic heterocycles. The van der Waals surface area contributed by atoms with E-state index in [1.54, 1.807) is 6.07 Å². The molecule has 0 saturated carbocycles. The largest absolute Gasteiger partial charge is 0.460 e. The average molecular weight is 289 g/mol. The van der Waals surface area contributed by atoms with Crippen molar-refractivity contribution in [1.82, 2.24) is 5.48 Å². The number of nitrogens with one attached hydrogen (secondary N) is 1. The Hall–Kier alpha value is -2.37. The topological polar surface area (TPSA) is 50.7 Å². The predicted molar refractivity (Wildman–Crippen MR) is 77.5 cm³/mol. The molecule has 0 radical (unpaired) electrons. The Labute approximate surface area is 122 Å². The van der Waals surface area contributed by atoms with E-state index in [-0.39, 0.29) is 12.4 Å². The van der Waals surface area contributed by atoms with Gasteiger partial charge in [0.25, 0.3) is 0 Å². The molecule has 21 heavy (non-hydrogen) atoms. The molecule has 0 aliphatic heterocycles. The zero-order valence-corrected chi connectivity index (χ0v) is 11.5. The van der Waals surface area contributed by atoms with Gasteiger partial charge in [0.2, 0.25) is 0 Å². The van der Waals surface area contributed by atoms with Crippen LogP contribution in [0.2, 0.25) is 0 Å². The maximum absolute atomic E-state index is 13.8. The summed E-state index contributed by atoms with van der Waals surface area (Å²) >= 11 is 0. The fourth-order valence-electron chi connectivity index (χ4n) is 1.74. The van der Waals surface area contributed by atoms with E-state index < -0.39 is 5.82 Å². The van der Waals surface area contributed by atoms with Gasteiger partial charge in [-0.05, 0) is 17.7 Å². The highest BCUT2D eigenvalue weighted by Gasteiger charge is 2.06. The molecule has 0 saturated heterocycles. The van der Waals surface area contributed by atoms with Gasteiger partial charge in [0.1, 0.15) is 12.0 Å². The number of ether oxygens (including phenoxy) is 1. The van der Waals surface area contributed by atoms with Gasteiger partial charge in [0.15, 0.2) is 11.6 Å². The Balaban J connectivity index is 2.20. The number of hydrogen-bond donors (Lipinski definition) is 2. The molecule has 4 nitrogen and oxygen atoms in total. The van der Waals surface area contributed by atoms with E-state index in [0.29, 0.717) is 11.3 Å². The Morgan fingerprint density at radius 2 is 2.00 bits per heavy atom. The maximum Gasteiger partial charge on any atom is 0.166 e. The first-order valence-corrected chi connectivity index (χ1v) is 6.35. The Bertz CT molecular complexity index is 614. The zero-order valence-electron chi connectivity index (χ0n) is 11.5. The predicted octanol–water partition coefficient (Wildman–Crippen LogP) is 2.85. The first kappa shape index (κ1) is 15.0. The van der Waals surface area contributed by atoms with Crippen LogP contribution in [0, 0.1) is 5.82 Å². The van der Waals surface area contributed by atoms with Crippen molar-refractivity contribution >= 4 is 5.70 Å². The van der Waals surface area contributed by atoms with Crippen molar-refractivity contribution in [3.63, 3.8) is 0 Å². The van der Waals surface area contributed by atoms with Gasteiger partial charge in [-0.15, -0.1) is 0 Å². The summed E-state index contributed by atoms with van der Waals surface area (Å²) in [5.74, 6) is -0.471. The van der Waals surface area contributed by atoms with E-state index in [0.717, 1.165) is 5.56 Å². The Morgan fingerprint density at radius 1 is 1.24 bits per heavy atom. The molecule has 0 aliphatic rings. The fraction of sp³-hybridized carbons (Fsp3) is 0.125. The van der Waals surface area contributed by atoms with Crippen molar-refractivity contribution in [2.45, 2.75) is 6.61 Å². The zero-order chi connectivity index (χ0) is 15.1. The fourth-order valence-corrected chi connectivity index (χ4v) is 1.74. The van der Waals surface area contributed by atoms with Crippen molar-refractivity contribution < 1.29 is 19.1 Å². The van der Waals surface area contributed by atoms with Gasteiger partial charge >= 0.3 is 0 Å². The van der Waals surface area contributed by atoms with Gasteiger partial charge in [-0.25, -0.2) is 4.39 Å². The van der Waals surface area contributed by atoms with E-state index >= 15 is 0 Å². The second-order valence-corrected chi connectivity index (χ2v) is 4.24. The van der Waals surface area contributed by atoms with Crippen molar-refractivity contribution in [2.24, 2.45) is 0 Å². The summed E-state index contributed by atoms with van der Waals surface area (Å²) in [5.41, 5.74) is 4.57. The number of halogens is 1. The van der Waals surface area contributed by atoms with Crippen LogP contribution in [0.15, 0.2) is 54.8 Å². The van der Waals surface area contributed by atoms with Gasteiger partial charge in [0, 0.05) is 5.56 Å². The number of aliphatic hydroxyl groups excluding tert-OH is 1. The lowest BCUT2D eigenvalue weighted by Gasteiger charge is -2.10. The molecule has 0 unspecified atom stereocenters. The summed E-state index contributed by atoms with van der Waals surface area (Å²) in [5, 5.41) is 8.94. The third kappa shape index (κ3) is 4.05. The number of hydroxylamine groups is 1. The van der Waals surface area contributed by atoms with Crippen LogP contribution >= 0.6 is 0 Å². The van der Waals surface area contributed by atoms with Crippen molar-refractivity contribution in [2.75, 3.05) is 7.11 Å². The van der Waals surface area contributed by atoms with Crippen molar-refractivity contribution in [3.8, 4) is 5.75 Å². The molecule has 0 fully saturated rings. The first-order valence-electron chi connectivity index (χ1n) is 6.35. The molecule has 5 heteroatoms. The van der Waals surface area contributed by atoms with Crippen LogP contribution in [0.3, 0.4) is 0 Å². The lowest BCUT2D eigenvalue weighted by molar-refractivity contribution is 0.135. The molecule has 2 aromatic rings. The summed E-state index contributed by atoms with van der Waals surface area (Å²) < 4.78 is 19.1. The van der Waals surface area contributed by atoms with Crippen molar-refractivity contribution in [1.29, 1.82) is 0 Å². The summed E-state index contributed by atoms with van der Waals surface area (Å²) in [6.07, 6.45) is 1.37. The molecule has 0 bridgehead atoms. The highest BCUT2D eigenvalue weighted by Crippen LogP contribution is 2.20. The van der Waals surface area contributed by atoms with E-state index in [4.69, 9.17) is 14.7 Å². The van der Waals surface area contributed by atoms with Crippen LogP contribution in [0.1, 0.15) is 11.1 Å². The van der Waals surface area contributed by atoms with E-state index in [1.807, 2.05) is 30.3 Å². The van der Waals surface area contributed by atoms with Gasteiger partial charge in [-0.2, -0.15) is 0 Å². The normalized spacial score (nSPS) is 11.3.